The van der Waals surface area contributed by atoms with E-state index in [1.54, 1.807) is 42.7 Å². The summed E-state index contributed by atoms with van der Waals surface area (Å²) >= 11 is 0. The van der Waals surface area contributed by atoms with E-state index in [0.29, 0.717) is 27.8 Å². The Bertz CT molecular complexity index is 1280. The topological polar surface area (TPSA) is 86.9 Å². The van der Waals surface area contributed by atoms with Crippen LogP contribution >= 0.6 is 0 Å². The van der Waals surface area contributed by atoms with Gasteiger partial charge in [0.25, 0.3) is 0 Å². The predicted octanol–water partition coefficient (Wildman–Crippen LogP) is 5.46. The molecule has 0 saturated heterocycles. The fourth-order valence-corrected chi connectivity index (χ4v) is 3.10. The number of carbonyl (C=O) groups is 2. The molecule has 0 aliphatic rings. The smallest absolute Gasteiger partial charge is 0.345 e. The zero-order valence-corrected chi connectivity index (χ0v) is 15.8. The molecule has 9 heteroatoms. The first-order valence-electron chi connectivity index (χ1n) is 9.13. The summed E-state index contributed by atoms with van der Waals surface area (Å²) in [6.07, 6.45) is -1.33. The summed E-state index contributed by atoms with van der Waals surface area (Å²) in [5.74, 6) is -0.263. The Kier molecular flexibility index (Phi) is 5.16. The molecule has 3 N–H and O–H groups in total. The van der Waals surface area contributed by atoms with E-state index in [-0.39, 0.29) is 11.5 Å². The maximum absolute atomic E-state index is 12.9. The monoisotopic (exact) mass is 424 g/mol. The van der Waals surface area contributed by atoms with Gasteiger partial charge in [0.1, 0.15) is 5.65 Å². The molecule has 0 fully saturated rings. The number of fused-ring (bicyclic) bond motifs is 1. The van der Waals surface area contributed by atoms with Gasteiger partial charge in [-0.25, -0.2) is 9.78 Å². The van der Waals surface area contributed by atoms with Gasteiger partial charge < -0.3 is 15.6 Å². The minimum Gasteiger partial charge on any atom is -0.345 e. The Labute approximate surface area is 174 Å². The van der Waals surface area contributed by atoms with Gasteiger partial charge in [-0.3, -0.25) is 4.79 Å². The van der Waals surface area contributed by atoms with Crippen LogP contribution in [0.1, 0.15) is 21.5 Å². The summed E-state index contributed by atoms with van der Waals surface area (Å²) in [7, 11) is 0. The van der Waals surface area contributed by atoms with E-state index in [9.17, 15) is 22.8 Å². The first kappa shape index (κ1) is 20.1. The molecular weight excluding hydrogens is 409 g/mol. The first-order chi connectivity index (χ1) is 14.8. The van der Waals surface area contributed by atoms with Crippen LogP contribution in [0, 0.1) is 0 Å². The van der Waals surface area contributed by atoms with E-state index >= 15 is 0 Å². The minimum absolute atomic E-state index is 0.00847. The van der Waals surface area contributed by atoms with Gasteiger partial charge in [0, 0.05) is 40.3 Å². The van der Waals surface area contributed by atoms with Crippen LogP contribution < -0.4 is 10.6 Å². The van der Waals surface area contributed by atoms with Crippen molar-refractivity contribution in [2.75, 3.05) is 10.6 Å². The lowest BCUT2D eigenvalue weighted by molar-refractivity contribution is -0.137. The van der Waals surface area contributed by atoms with Crippen molar-refractivity contribution in [3.8, 4) is 0 Å². The van der Waals surface area contributed by atoms with E-state index in [2.05, 4.69) is 20.6 Å². The zero-order chi connectivity index (χ0) is 22.0. The van der Waals surface area contributed by atoms with Crippen molar-refractivity contribution >= 4 is 34.2 Å². The summed E-state index contributed by atoms with van der Waals surface area (Å²) in [5, 5.41) is 5.55. The Hall–Kier alpha value is -4.14. The number of pyridine rings is 1. The number of nitrogens with one attached hydrogen (secondary N) is 3. The highest BCUT2D eigenvalue weighted by Crippen LogP contribution is 2.30. The number of hydrogen-bond acceptors (Lipinski definition) is 3. The Balaban J connectivity index is 1.50. The molecule has 0 bridgehead atoms. The number of aromatic amines is 1. The third-order valence-electron chi connectivity index (χ3n) is 4.53. The largest absolute Gasteiger partial charge is 0.416 e. The van der Waals surface area contributed by atoms with Crippen molar-refractivity contribution in [2.45, 2.75) is 6.18 Å². The third kappa shape index (κ3) is 4.40. The molecule has 2 heterocycles. The van der Waals surface area contributed by atoms with Crippen LogP contribution in [0.3, 0.4) is 0 Å². The van der Waals surface area contributed by atoms with Gasteiger partial charge in [-0.15, -0.1) is 0 Å². The quantitative estimate of drug-likeness (QED) is 0.381. The maximum Gasteiger partial charge on any atom is 0.416 e. The lowest BCUT2D eigenvalue weighted by Gasteiger charge is -2.11. The molecule has 0 radical (unpaired) electrons. The second-order valence-electron chi connectivity index (χ2n) is 6.67. The second kappa shape index (κ2) is 7.94. The number of anilines is 2. The third-order valence-corrected chi connectivity index (χ3v) is 4.53. The van der Waals surface area contributed by atoms with Crippen molar-refractivity contribution in [3.63, 3.8) is 0 Å². The van der Waals surface area contributed by atoms with Crippen molar-refractivity contribution in [3.05, 3.63) is 89.7 Å². The van der Waals surface area contributed by atoms with E-state index in [0.717, 1.165) is 12.1 Å². The average molecular weight is 424 g/mol. The Morgan fingerprint density at radius 2 is 1.61 bits per heavy atom. The van der Waals surface area contributed by atoms with Gasteiger partial charge in [0.2, 0.25) is 0 Å². The van der Waals surface area contributed by atoms with Crippen LogP contribution in [0.15, 0.2) is 73.1 Å². The molecule has 156 valence electrons. The number of urea groups is 1. The molecule has 0 aliphatic heterocycles. The Morgan fingerprint density at radius 3 is 2.35 bits per heavy atom. The van der Waals surface area contributed by atoms with Crippen LogP contribution in [-0.4, -0.2) is 21.8 Å². The number of nitrogens with zero attached hydrogens (tertiary/aromatic N) is 1. The average Bonchev–Trinajstić information content (AvgIpc) is 3.17. The molecule has 0 atom stereocenters. The molecule has 0 aliphatic carbocycles. The minimum atomic E-state index is -4.51. The molecule has 2 aromatic carbocycles. The highest BCUT2D eigenvalue weighted by Gasteiger charge is 2.30. The van der Waals surface area contributed by atoms with E-state index in [1.165, 1.54) is 18.2 Å². The standard InChI is InChI=1S/C22H15F3N4O2/c23-22(24,25)14-5-2-7-16(11-14)29-21(31)28-15-6-1-4-13(10-15)19(30)18-12-27-20-17(18)8-3-9-26-20/h1-12H,(H,26,27)(H2,28,29,31). The van der Waals surface area contributed by atoms with Crippen LogP contribution in [-0.2, 0) is 6.18 Å². The Morgan fingerprint density at radius 1 is 0.903 bits per heavy atom. The number of aromatic nitrogens is 2. The molecular formula is C22H15F3N4O2. The SMILES string of the molecule is O=C(Nc1cccc(C(=O)c2c[nH]c3ncccc23)c1)Nc1cccc(C(F)(F)F)c1. The van der Waals surface area contributed by atoms with E-state index < -0.39 is 17.8 Å². The molecule has 4 rings (SSSR count). The highest BCUT2D eigenvalue weighted by atomic mass is 19.4. The fourth-order valence-electron chi connectivity index (χ4n) is 3.10. The first-order valence-corrected chi connectivity index (χ1v) is 9.13. The second-order valence-corrected chi connectivity index (χ2v) is 6.67. The zero-order valence-electron chi connectivity index (χ0n) is 15.8. The number of H-pyrrole nitrogens is 1. The summed E-state index contributed by atoms with van der Waals surface area (Å²) in [5.41, 5.74) is 0.793. The number of hydrogen-bond donors (Lipinski definition) is 3. The van der Waals surface area contributed by atoms with Gasteiger partial charge in [-0.2, -0.15) is 13.2 Å². The number of carbonyl (C=O) groups excluding carboxylic acids is 2. The summed E-state index contributed by atoms with van der Waals surface area (Å²) in [6, 6.07) is 13.3. The highest BCUT2D eigenvalue weighted by molar-refractivity contribution is 6.16. The number of ketones is 1. The molecule has 2 amide bonds. The molecule has 2 aromatic heterocycles. The molecule has 0 saturated carbocycles. The molecule has 0 spiro atoms. The molecule has 0 unspecified atom stereocenters. The van der Waals surface area contributed by atoms with Crippen LogP contribution in [0.2, 0.25) is 0 Å². The van der Waals surface area contributed by atoms with Gasteiger partial charge >= 0.3 is 12.2 Å². The normalized spacial score (nSPS) is 11.3. The number of halogens is 3. The van der Waals surface area contributed by atoms with Crippen LogP contribution in [0.4, 0.5) is 29.3 Å². The van der Waals surface area contributed by atoms with Crippen molar-refractivity contribution in [2.24, 2.45) is 0 Å². The van der Waals surface area contributed by atoms with Crippen LogP contribution in [0.25, 0.3) is 11.0 Å². The lowest BCUT2D eigenvalue weighted by Crippen LogP contribution is -2.20. The van der Waals surface area contributed by atoms with Gasteiger partial charge in [0.15, 0.2) is 5.78 Å². The molecule has 4 aromatic rings. The maximum atomic E-state index is 12.9. The number of alkyl halides is 3. The molecule has 31 heavy (non-hydrogen) atoms. The summed E-state index contributed by atoms with van der Waals surface area (Å²) in [6.45, 7) is 0. The fraction of sp³-hybridized carbons (Fsp3) is 0.0455. The van der Waals surface area contributed by atoms with E-state index in [4.69, 9.17) is 0 Å². The number of benzene rings is 2. The predicted molar refractivity (Wildman–Crippen MR) is 110 cm³/mol. The summed E-state index contributed by atoms with van der Waals surface area (Å²) < 4.78 is 38.5. The van der Waals surface area contributed by atoms with Gasteiger partial charge in [-0.1, -0.05) is 18.2 Å². The van der Waals surface area contributed by atoms with E-state index in [1.807, 2.05) is 0 Å². The number of rotatable bonds is 4. The van der Waals surface area contributed by atoms with Crippen molar-refractivity contribution < 1.29 is 22.8 Å². The lowest BCUT2D eigenvalue weighted by atomic mass is 10.0. The van der Waals surface area contributed by atoms with Gasteiger partial charge in [0.05, 0.1) is 5.56 Å². The summed E-state index contributed by atoms with van der Waals surface area (Å²) in [4.78, 5) is 32.2. The van der Waals surface area contributed by atoms with Crippen LogP contribution in [0.5, 0.6) is 0 Å². The number of amides is 2. The van der Waals surface area contributed by atoms with Gasteiger partial charge in [-0.05, 0) is 42.5 Å². The molecule has 6 nitrogen and oxygen atoms in total. The van der Waals surface area contributed by atoms with Crippen molar-refractivity contribution in [1.82, 2.24) is 9.97 Å². The van der Waals surface area contributed by atoms with Crippen molar-refractivity contribution in [1.29, 1.82) is 0 Å².